The van der Waals surface area contributed by atoms with Crippen LogP contribution in [0.4, 0.5) is 5.69 Å². The fourth-order valence-electron chi connectivity index (χ4n) is 3.12. The number of anilines is 1. The standard InChI is InChI=1S/C17H23N3S/c1-3-17(4-2)13-20(12-16-18-9-10-21-16)15-8-6-5-7-14(15)11-19-17/h5-10,19H,3-4,11-13H2,1-2H3. The highest BCUT2D eigenvalue weighted by Crippen LogP contribution is 2.30. The van der Waals surface area contributed by atoms with Crippen LogP contribution in [0.5, 0.6) is 0 Å². The maximum absolute atomic E-state index is 4.47. The Balaban J connectivity index is 1.95. The highest BCUT2D eigenvalue weighted by atomic mass is 32.1. The van der Waals surface area contributed by atoms with Gasteiger partial charge in [-0.15, -0.1) is 11.3 Å². The molecule has 3 rings (SSSR count). The lowest BCUT2D eigenvalue weighted by molar-refractivity contribution is 0.306. The lowest BCUT2D eigenvalue weighted by Crippen LogP contribution is -2.50. The number of nitrogens with zero attached hydrogens (tertiary/aromatic N) is 2. The average molecular weight is 301 g/mol. The number of hydrogen-bond acceptors (Lipinski definition) is 4. The van der Waals surface area contributed by atoms with Gasteiger partial charge in [-0.25, -0.2) is 4.98 Å². The van der Waals surface area contributed by atoms with Crippen molar-refractivity contribution in [1.82, 2.24) is 10.3 Å². The van der Waals surface area contributed by atoms with Crippen molar-refractivity contribution in [2.24, 2.45) is 0 Å². The Labute approximate surface area is 131 Å². The first-order valence-corrected chi connectivity index (χ1v) is 8.60. The molecule has 1 aromatic carbocycles. The molecule has 0 bridgehead atoms. The number of thiazole rings is 1. The second kappa shape index (κ2) is 6.16. The highest BCUT2D eigenvalue weighted by molar-refractivity contribution is 7.09. The van der Waals surface area contributed by atoms with Crippen molar-refractivity contribution in [2.45, 2.75) is 45.3 Å². The molecule has 0 amide bonds. The molecule has 0 fully saturated rings. The lowest BCUT2D eigenvalue weighted by atomic mass is 9.92. The molecule has 1 aliphatic heterocycles. The summed E-state index contributed by atoms with van der Waals surface area (Å²) in [6, 6.07) is 8.75. The fraction of sp³-hybridized carbons (Fsp3) is 0.471. The topological polar surface area (TPSA) is 28.2 Å². The molecule has 0 unspecified atom stereocenters. The predicted molar refractivity (Wildman–Crippen MR) is 89.8 cm³/mol. The van der Waals surface area contributed by atoms with Gasteiger partial charge in [0.25, 0.3) is 0 Å². The monoisotopic (exact) mass is 301 g/mol. The molecule has 2 heterocycles. The van der Waals surface area contributed by atoms with E-state index in [1.54, 1.807) is 11.3 Å². The lowest BCUT2D eigenvalue weighted by Gasteiger charge is -2.36. The first kappa shape index (κ1) is 14.5. The summed E-state index contributed by atoms with van der Waals surface area (Å²) >= 11 is 1.74. The summed E-state index contributed by atoms with van der Waals surface area (Å²) in [5, 5.41) is 7.05. The van der Waals surface area contributed by atoms with Crippen LogP contribution >= 0.6 is 11.3 Å². The molecule has 0 atom stereocenters. The van der Waals surface area contributed by atoms with Crippen LogP contribution in [-0.4, -0.2) is 17.1 Å². The third-order valence-corrected chi connectivity index (χ3v) is 5.41. The molecular formula is C17H23N3S. The first-order valence-electron chi connectivity index (χ1n) is 7.72. The molecule has 0 radical (unpaired) electrons. The van der Waals surface area contributed by atoms with Gasteiger partial charge in [-0.1, -0.05) is 32.0 Å². The number of fused-ring (bicyclic) bond motifs is 1. The molecule has 112 valence electrons. The molecular weight excluding hydrogens is 278 g/mol. The van der Waals surface area contributed by atoms with Crippen LogP contribution in [0.3, 0.4) is 0 Å². The minimum Gasteiger partial charge on any atom is -0.363 e. The minimum atomic E-state index is 0.191. The summed E-state index contributed by atoms with van der Waals surface area (Å²) in [6.45, 7) is 7.46. The highest BCUT2D eigenvalue weighted by Gasteiger charge is 2.32. The third kappa shape index (κ3) is 2.97. The summed E-state index contributed by atoms with van der Waals surface area (Å²) in [7, 11) is 0. The zero-order chi connectivity index (χ0) is 14.7. The maximum atomic E-state index is 4.47. The number of hydrogen-bond donors (Lipinski definition) is 1. The number of rotatable bonds is 4. The molecule has 1 N–H and O–H groups in total. The van der Waals surface area contributed by atoms with Gasteiger partial charge in [0.15, 0.2) is 0 Å². The summed E-state index contributed by atoms with van der Waals surface area (Å²) in [4.78, 5) is 6.97. The number of para-hydroxylation sites is 1. The van der Waals surface area contributed by atoms with Gasteiger partial charge in [0.2, 0.25) is 0 Å². The van der Waals surface area contributed by atoms with E-state index in [4.69, 9.17) is 0 Å². The van der Waals surface area contributed by atoms with E-state index in [1.807, 2.05) is 6.20 Å². The third-order valence-electron chi connectivity index (χ3n) is 4.64. The Morgan fingerprint density at radius 2 is 2.10 bits per heavy atom. The van der Waals surface area contributed by atoms with Crippen molar-refractivity contribution in [2.75, 3.05) is 11.4 Å². The van der Waals surface area contributed by atoms with E-state index in [0.29, 0.717) is 0 Å². The molecule has 3 nitrogen and oxygen atoms in total. The average Bonchev–Trinajstić information content (AvgIpc) is 2.98. The number of benzene rings is 1. The minimum absolute atomic E-state index is 0.191. The molecule has 0 spiro atoms. The zero-order valence-electron chi connectivity index (χ0n) is 12.8. The van der Waals surface area contributed by atoms with Gasteiger partial charge in [-0.3, -0.25) is 0 Å². The first-order chi connectivity index (χ1) is 10.3. The largest absolute Gasteiger partial charge is 0.363 e. The van der Waals surface area contributed by atoms with Gasteiger partial charge in [0.05, 0.1) is 6.54 Å². The van der Waals surface area contributed by atoms with E-state index in [0.717, 1.165) is 32.5 Å². The summed E-state index contributed by atoms with van der Waals surface area (Å²) in [5.41, 5.74) is 2.93. The van der Waals surface area contributed by atoms with Crippen molar-refractivity contribution in [3.8, 4) is 0 Å². The summed E-state index contributed by atoms with van der Waals surface area (Å²) in [5.74, 6) is 0. The summed E-state index contributed by atoms with van der Waals surface area (Å²) < 4.78 is 0. The van der Waals surface area contributed by atoms with Crippen LogP contribution in [0.1, 0.15) is 37.3 Å². The molecule has 0 saturated heterocycles. The zero-order valence-corrected chi connectivity index (χ0v) is 13.6. The number of aromatic nitrogens is 1. The molecule has 4 heteroatoms. The van der Waals surface area contributed by atoms with Crippen molar-refractivity contribution in [1.29, 1.82) is 0 Å². The van der Waals surface area contributed by atoms with Crippen LogP contribution in [0.25, 0.3) is 0 Å². The van der Waals surface area contributed by atoms with E-state index in [-0.39, 0.29) is 5.54 Å². The second-order valence-electron chi connectivity index (χ2n) is 5.75. The maximum Gasteiger partial charge on any atom is 0.112 e. The molecule has 0 aliphatic carbocycles. The van der Waals surface area contributed by atoms with E-state index >= 15 is 0 Å². The molecule has 0 saturated carbocycles. The van der Waals surface area contributed by atoms with Crippen LogP contribution in [0.15, 0.2) is 35.8 Å². The van der Waals surface area contributed by atoms with Crippen LogP contribution < -0.4 is 10.2 Å². The van der Waals surface area contributed by atoms with Crippen LogP contribution in [-0.2, 0) is 13.1 Å². The Morgan fingerprint density at radius 1 is 1.29 bits per heavy atom. The van der Waals surface area contributed by atoms with Gasteiger partial charge < -0.3 is 10.2 Å². The predicted octanol–water partition coefficient (Wildman–Crippen LogP) is 3.81. The van der Waals surface area contributed by atoms with Crippen molar-refractivity contribution in [3.05, 3.63) is 46.4 Å². The van der Waals surface area contributed by atoms with E-state index in [1.165, 1.54) is 16.3 Å². The summed E-state index contributed by atoms with van der Waals surface area (Å²) in [6.07, 6.45) is 4.19. The fourth-order valence-corrected chi connectivity index (χ4v) is 3.75. The molecule has 21 heavy (non-hydrogen) atoms. The number of nitrogens with one attached hydrogen (secondary N) is 1. The Hall–Kier alpha value is -1.39. The van der Waals surface area contributed by atoms with Crippen molar-refractivity contribution < 1.29 is 0 Å². The smallest absolute Gasteiger partial charge is 0.112 e. The van der Waals surface area contributed by atoms with Gasteiger partial charge in [0, 0.05) is 35.9 Å². The SMILES string of the molecule is CCC1(CC)CN(Cc2nccs2)c2ccccc2CN1. The molecule has 2 aromatic rings. The van der Waals surface area contributed by atoms with Crippen molar-refractivity contribution in [3.63, 3.8) is 0 Å². The van der Waals surface area contributed by atoms with Gasteiger partial charge in [0.1, 0.15) is 5.01 Å². The van der Waals surface area contributed by atoms with Gasteiger partial charge >= 0.3 is 0 Å². The van der Waals surface area contributed by atoms with E-state index in [9.17, 15) is 0 Å². The normalized spacial score (nSPS) is 17.3. The van der Waals surface area contributed by atoms with Gasteiger partial charge in [-0.2, -0.15) is 0 Å². The van der Waals surface area contributed by atoms with E-state index in [2.05, 4.69) is 58.7 Å². The molecule has 1 aliphatic rings. The van der Waals surface area contributed by atoms with E-state index < -0.39 is 0 Å². The van der Waals surface area contributed by atoms with Crippen LogP contribution in [0, 0.1) is 0 Å². The second-order valence-corrected chi connectivity index (χ2v) is 6.73. The van der Waals surface area contributed by atoms with Gasteiger partial charge in [-0.05, 0) is 24.5 Å². The quantitative estimate of drug-likeness (QED) is 0.930. The Kier molecular flexibility index (Phi) is 4.27. The molecule has 1 aromatic heterocycles. The Morgan fingerprint density at radius 3 is 2.81 bits per heavy atom. The van der Waals surface area contributed by atoms with Crippen molar-refractivity contribution >= 4 is 17.0 Å². The van der Waals surface area contributed by atoms with Crippen LogP contribution in [0.2, 0.25) is 0 Å². The Bertz CT molecular complexity index is 575.